The molecule has 7 nitrogen and oxygen atoms in total. The number of carbonyl (C=O) groups excluding carboxylic acids is 1. The SMILES string of the molecule is CCc1nn(CC(=O)N(CCCN)Cc2ccc(-c3ccc(C(F)(F)F)cc3)cc2)c(SCc2ccc(F)cc2)nc1=O. The lowest BCUT2D eigenvalue weighted by atomic mass is 10.0. The van der Waals surface area contributed by atoms with E-state index in [0.29, 0.717) is 37.2 Å². The third-order valence-electron chi connectivity index (χ3n) is 6.67. The number of aryl methyl sites for hydroxylation is 1. The Morgan fingerprint density at radius 1 is 0.953 bits per heavy atom. The van der Waals surface area contributed by atoms with Crippen LogP contribution in [0.15, 0.2) is 82.7 Å². The topological polar surface area (TPSA) is 94.1 Å². The van der Waals surface area contributed by atoms with E-state index in [9.17, 15) is 27.2 Å². The number of nitrogens with two attached hydrogens (primary N) is 1. The Balaban J connectivity index is 1.50. The maximum atomic E-state index is 13.5. The first kappa shape index (κ1) is 31.9. The maximum absolute atomic E-state index is 13.5. The average Bonchev–Trinajstić information content (AvgIpc) is 2.99. The van der Waals surface area contributed by atoms with Crippen LogP contribution in [0.1, 0.15) is 35.7 Å². The Hall–Kier alpha value is -4.03. The second-order valence-corrected chi connectivity index (χ2v) is 10.7. The molecule has 3 aromatic carbocycles. The number of alkyl halides is 3. The smallest absolute Gasteiger partial charge is 0.337 e. The number of benzene rings is 3. The van der Waals surface area contributed by atoms with Crippen molar-refractivity contribution < 1.29 is 22.4 Å². The summed E-state index contributed by atoms with van der Waals surface area (Å²) in [5.74, 6) is -0.199. The van der Waals surface area contributed by atoms with Gasteiger partial charge in [-0.3, -0.25) is 9.59 Å². The van der Waals surface area contributed by atoms with Gasteiger partial charge in [-0.15, -0.1) is 0 Å². The molecule has 0 fully saturated rings. The van der Waals surface area contributed by atoms with Crippen LogP contribution in [0.2, 0.25) is 0 Å². The van der Waals surface area contributed by atoms with E-state index in [2.05, 4.69) is 10.1 Å². The number of rotatable bonds is 12. The molecule has 1 aromatic heterocycles. The molecule has 0 spiro atoms. The second-order valence-electron chi connectivity index (χ2n) is 9.80. The summed E-state index contributed by atoms with van der Waals surface area (Å²) in [6.45, 7) is 2.68. The Kier molecular flexibility index (Phi) is 10.7. The fourth-order valence-corrected chi connectivity index (χ4v) is 5.17. The van der Waals surface area contributed by atoms with Crippen LogP contribution in [0.5, 0.6) is 0 Å². The maximum Gasteiger partial charge on any atom is 0.416 e. The first-order valence-electron chi connectivity index (χ1n) is 13.7. The molecule has 2 N–H and O–H groups in total. The molecule has 0 unspecified atom stereocenters. The number of carbonyl (C=O) groups is 1. The average molecular weight is 614 g/mol. The monoisotopic (exact) mass is 613 g/mol. The van der Waals surface area contributed by atoms with Gasteiger partial charge in [0.05, 0.1) is 5.56 Å². The summed E-state index contributed by atoms with van der Waals surface area (Å²) in [4.78, 5) is 31.8. The standard InChI is InChI=1S/C31H31F4N5O2S/c1-2-27-29(42)37-30(43-20-22-6-14-26(32)15-7-22)40(38-27)19-28(41)39(17-3-16-36)18-21-4-8-23(9-5-21)24-10-12-25(13-11-24)31(33,34)35/h4-15H,2-3,16-20,36H2,1H3. The molecule has 0 atom stereocenters. The largest absolute Gasteiger partial charge is 0.416 e. The minimum absolute atomic E-state index is 0.153. The zero-order valence-electron chi connectivity index (χ0n) is 23.5. The third-order valence-corrected chi connectivity index (χ3v) is 7.70. The van der Waals surface area contributed by atoms with Gasteiger partial charge in [-0.25, -0.2) is 9.07 Å². The number of hydrogen-bond acceptors (Lipinski definition) is 6. The lowest BCUT2D eigenvalue weighted by molar-refractivity contribution is -0.137. The van der Waals surface area contributed by atoms with Gasteiger partial charge in [0.1, 0.15) is 18.1 Å². The molecule has 4 aromatic rings. The third kappa shape index (κ3) is 8.74. The molecule has 12 heteroatoms. The van der Waals surface area contributed by atoms with E-state index in [1.54, 1.807) is 36.1 Å². The van der Waals surface area contributed by atoms with Crippen LogP contribution in [0.25, 0.3) is 11.1 Å². The highest BCUT2D eigenvalue weighted by molar-refractivity contribution is 7.98. The van der Waals surface area contributed by atoms with E-state index in [1.165, 1.54) is 40.7 Å². The lowest BCUT2D eigenvalue weighted by Crippen LogP contribution is -2.36. The highest BCUT2D eigenvalue weighted by Crippen LogP contribution is 2.31. The number of halogens is 4. The molecule has 0 saturated heterocycles. The van der Waals surface area contributed by atoms with Crippen LogP contribution in [-0.4, -0.2) is 38.7 Å². The summed E-state index contributed by atoms with van der Waals surface area (Å²) in [7, 11) is 0. The van der Waals surface area contributed by atoms with Crippen LogP contribution in [0, 0.1) is 5.82 Å². The van der Waals surface area contributed by atoms with Gasteiger partial charge in [-0.1, -0.05) is 67.2 Å². The van der Waals surface area contributed by atoms with Crippen LogP contribution in [0.3, 0.4) is 0 Å². The molecule has 0 bridgehead atoms. The van der Waals surface area contributed by atoms with E-state index in [1.807, 2.05) is 12.1 Å². The number of amides is 1. The van der Waals surface area contributed by atoms with Gasteiger partial charge in [0.2, 0.25) is 5.91 Å². The summed E-state index contributed by atoms with van der Waals surface area (Å²) in [5, 5.41) is 4.69. The summed E-state index contributed by atoms with van der Waals surface area (Å²) in [6, 6.07) is 18.2. The van der Waals surface area contributed by atoms with Crippen molar-refractivity contribution in [2.75, 3.05) is 13.1 Å². The van der Waals surface area contributed by atoms with Crippen LogP contribution < -0.4 is 11.3 Å². The van der Waals surface area contributed by atoms with Crippen molar-refractivity contribution in [3.63, 3.8) is 0 Å². The summed E-state index contributed by atoms with van der Waals surface area (Å²) >= 11 is 1.23. The highest BCUT2D eigenvalue weighted by Gasteiger charge is 2.30. The van der Waals surface area contributed by atoms with Crippen molar-refractivity contribution >= 4 is 17.7 Å². The summed E-state index contributed by atoms with van der Waals surface area (Å²) in [5.41, 5.74) is 7.84. The number of nitrogens with zero attached hydrogens (tertiary/aromatic N) is 4. The second kappa shape index (κ2) is 14.4. The Morgan fingerprint density at radius 3 is 2.14 bits per heavy atom. The zero-order chi connectivity index (χ0) is 31.0. The van der Waals surface area contributed by atoms with Gasteiger partial charge in [0.15, 0.2) is 5.16 Å². The normalized spacial score (nSPS) is 11.5. The Bertz CT molecular complexity index is 1570. The minimum Gasteiger partial charge on any atom is -0.337 e. The van der Waals surface area contributed by atoms with Crippen molar-refractivity contribution in [1.82, 2.24) is 19.7 Å². The first-order chi connectivity index (χ1) is 20.6. The van der Waals surface area contributed by atoms with Gasteiger partial charge in [-0.2, -0.15) is 23.3 Å². The minimum atomic E-state index is -4.40. The van der Waals surface area contributed by atoms with Gasteiger partial charge in [0, 0.05) is 18.8 Å². The van der Waals surface area contributed by atoms with Crippen molar-refractivity contribution in [3.8, 4) is 11.1 Å². The fraction of sp³-hybridized carbons (Fsp3) is 0.290. The predicted octanol–water partition coefficient (Wildman–Crippen LogP) is 5.70. The molecule has 0 saturated carbocycles. The van der Waals surface area contributed by atoms with E-state index in [4.69, 9.17) is 5.73 Å². The predicted molar refractivity (Wildman–Crippen MR) is 158 cm³/mol. The van der Waals surface area contributed by atoms with Gasteiger partial charge < -0.3 is 10.6 Å². The fourth-order valence-electron chi connectivity index (χ4n) is 4.28. The van der Waals surface area contributed by atoms with E-state index in [-0.39, 0.29) is 35.7 Å². The summed E-state index contributed by atoms with van der Waals surface area (Å²) < 4.78 is 53.5. The highest BCUT2D eigenvalue weighted by atomic mass is 32.2. The number of hydrogen-bond donors (Lipinski definition) is 1. The van der Waals surface area contributed by atoms with E-state index in [0.717, 1.165) is 28.8 Å². The van der Waals surface area contributed by atoms with Crippen molar-refractivity contribution in [1.29, 1.82) is 0 Å². The molecule has 43 heavy (non-hydrogen) atoms. The molecular formula is C31H31F4N5O2S. The summed E-state index contributed by atoms with van der Waals surface area (Å²) in [6.07, 6.45) is -3.48. The molecule has 0 aliphatic carbocycles. The van der Waals surface area contributed by atoms with Gasteiger partial charge in [0.25, 0.3) is 5.56 Å². The Labute approximate surface area is 250 Å². The molecule has 0 aliphatic rings. The molecule has 226 valence electrons. The van der Waals surface area contributed by atoms with Crippen LogP contribution in [0.4, 0.5) is 17.6 Å². The number of aromatic nitrogens is 3. The quantitative estimate of drug-likeness (QED) is 0.163. The molecule has 0 radical (unpaired) electrons. The van der Waals surface area contributed by atoms with Crippen molar-refractivity contribution in [2.45, 2.75) is 49.9 Å². The van der Waals surface area contributed by atoms with Crippen LogP contribution >= 0.6 is 11.8 Å². The van der Waals surface area contributed by atoms with Gasteiger partial charge >= 0.3 is 6.18 Å². The zero-order valence-corrected chi connectivity index (χ0v) is 24.3. The lowest BCUT2D eigenvalue weighted by Gasteiger charge is -2.24. The Morgan fingerprint density at radius 2 is 1.56 bits per heavy atom. The molecule has 0 aliphatic heterocycles. The van der Waals surface area contributed by atoms with Gasteiger partial charge in [-0.05, 0) is 65.9 Å². The van der Waals surface area contributed by atoms with E-state index < -0.39 is 17.3 Å². The molecule has 1 amide bonds. The van der Waals surface area contributed by atoms with Crippen LogP contribution in [-0.2, 0) is 36.2 Å². The first-order valence-corrected chi connectivity index (χ1v) is 14.7. The molecule has 4 rings (SSSR count). The molecular weight excluding hydrogens is 582 g/mol. The van der Waals surface area contributed by atoms with Crippen molar-refractivity contribution in [2.24, 2.45) is 5.73 Å². The van der Waals surface area contributed by atoms with Crippen molar-refractivity contribution in [3.05, 3.63) is 111 Å². The molecule has 1 heterocycles. The number of thioether (sulfide) groups is 1. The van der Waals surface area contributed by atoms with E-state index >= 15 is 0 Å².